The average Bonchev–Trinajstić information content (AvgIpc) is 3.11. The number of nitrogens with one attached hydrogen (secondary N) is 1. The third-order valence-electron chi connectivity index (χ3n) is 2.63. The number of rotatable bonds is 5. The summed E-state index contributed by atoms with van der Waals surface area (Å²) in [4.78, 5) is 11.2. The fraction of sp³-hybridized carbons (Fsp3) is 0.143. The maximum absolute atomic E-state index is 4.43. The highest BCUT2D eigenvalue weighted by Crippen LogP contribution is 2.23. The molecule has 3 heterocycles. The lowest BCUT2D eigenvalue weighted by Crippen LogP contribution is -2.11. The van der Waals surface area contributed by atoms with E-state index in [-0.39, 0.29) is 0 Å². The lowest BCUT2D eigenvalue weighted by atomic mass is 10.3. The third-order valence-corrected chi connectivity index (χ3v) is 4.52. The molecule has 0 spiro atoms. The molecule has 0 saturated heterocycles. The molecule has 0 fully saturated rings. The second-order valence-electron chi connectivity index (χ2n) is 4.02. The Morgan fingerprint density at radius 3 is 2.84 bits per heavy atom. The number of hydrogen-bond acceptors (Lipinski definition) is 5. The monoisotopic (exact) mass is 287 g/mol. The van der Waals surface area contributed by atoms with Crippen LogP contribution in [0.25, 0.3) is 10.6 Å². The minimum Gasteiger partial charge on any atom is -0.306 e. The van der Waals surface area contributed by atoms with Crippen molar-refractivity contribution in [3.63, 3.8) is 0 Å². The maximum atomic E-state index is 4.43. The first-order valence-electron chi connectivity index (χ1n) is 6.01. The highest BCUT2D eigenvalue weighted by Gasteiger charge is 2.04. The van der Waals surface area contributed by atoms with Crippen molar-refractivity contribution in [1.82, 2.24) is 15.3 Å². The Morgan fingerprint density at radius 2 is 2.05 bits per heavy atom. The topological polar surface area (TPSA) is 37.8 Å². The van der Waals surface area contributed by atoms with Gasteiger partial charge in [-0.25, -0.2) is 4.98 Å². The molecule has 0 atom stereocenters. The van der Waals surface area contributed by atoms with E-state index in [9.17, 15) is 0 Å². The van der Waals surface area contributed by atoms with Crippen molar-refractivity contribution >= 4 is 22.7 Å². The number of aromatic nitrogens is 2. The van der Waals surface area contributed by atoms with Crippen LogP contribution in [0.5, 0.6) is 0 Å². The Bertz CT molecular complexity index is 617. The van der Waals surface area contributed by atoms with Gasteiger partial charge < -0.3 is 5.32 Å². The zero-order chi connectivity index (χ0) is 12.9. The maximum Gasteiger partial charge on any atom is 0.107 e. The normalized spacial score (nSPS) is 10.7. The summed E-state index contributed by atoms with van der Waals surface area (Å²) < 4.78 is 0. The molecule has 0 radical (unpaired) electrons. The number of nitrogens with zero attached hydrogens (tertiary/aromatic N) is 2. The smallest absolute Gasteiger partial charge is 0.107 e. The molecular formula is C14H13N3S2. The van der Waals surface area contributed by atoms with E-state index in [1.54, 1.807) is 22.7 Å². The van der Waals surface area contributed by atoms with Gasteiger partial charge in [0.1, 0.15) is 5.01 Å². The van der Waals surface area contributed by atoms with Gasteiger partial charge in [-0.2, -0.15) is 0 Å². The van der Waals surface area contributed by atoms with Gasteiger partial charge in [0, 0.05) is 30.4 Å². The van der Waals surface area contributed by atoms with Gasteiger partial charge >= 0.3 is 0 Å². The molecule has 1 N–H and O–H groups in total. The van der Waals surface area contributed by atoms with Crippen LogP contribution in [-0.4, -0.2) is 9.97 Å². The van der Waals surface area contributed by atoms with Crippen LogP contribution in [0.2, 0.25) is 0 Å². The van der Waals surface area contributed by atoms with E-state index in [0.29, 0.717) is 0 Å². The van der Waals surface area contributed by atoms with Crippen LogP contribution in [0.1, 0.15) is 9.88 Å². The summed E-state index contributed by atoms with van der Waals surface area (Å²) in [5.41, 5.74) is 0.990. The molecule has 3 aromatic rings. The summed E-state index contributed by atoms with van der Waals surface area (Å²) in [5.74, 6) is 0. The van der Waals surface area contributed by atoms with Crippen molar-refractivity contribution in [3.05, 3.63) is 58.0 Å². The van der Waals surface area contributed by atoms with Gasteiger partial charge in [-0.15, -0.1) is 22.7 Å². The lowest BCUT2D eigenvalue weighted by Gasteiger charge is -1.99. The van der Waals surface area contributed by atoms with Crippen LogP contribution in [-0.2, 0) is 13.1 Å². The van der Waals surface area contributed by atoms with Crippen molar-refractivity contribution in [2.45, 2.75) is 13.1 Å². The highest BCUT2D eigenvalue weighted by molar-refractivity contribution is 7.15. The zero-order valence-corrected chi connectivity index (χ0v) is 11.9. The summed E-state index contributed by atoms with van der Waals surface area (Å²) >= 11 is 3.46. The molecule has 0 aliphatic heterocycles. The molecule has 3 aromatic heterocycles. The largest absolute Gasteiger partial charge is 0.306 e. The molecule has 0 bridgehead atoms. The number of thiazole rings is 1. The molecule has 0 saturated carbocycles. The molecule has 0 aliphatic rings. The number of thiophene rings is 1. The number of pyridine rings is 1. The van der Waals surface area contributed by atoms with E-state index in [4.69, 9.17) is 0 Å². The summed E-state index contributed by atoms with van der Waals surface area (Å²) in [6.07, 6.45) is 3.71. The van der Waals surface area contributed by atoms with Gasteiger partial charge in [0.05, 0.1) is 10.6 Å². The van der Waals surface area contributed by atoms with Crippen molar-refractivity contribution in [1.29, 1.82) is 0 Å². The van der Waals surface area contributed by atoms with Crippen LogP contribution in [0.3, 0.4) is 0 Å². The minimum atomic E-state index is 0.801. The first-order chi connectivity index (χ1) is 9.42. The SMILES string of the molecule is c1ccc(-c2cnc(CNCc3cccs3)s2)nc1. The van der Waals surface area contributed by atoms with Crippen molar-refractivity contribution < 1.29 is 0 Å². The molecule has 19 heavy (non-hydrogen) atoms. The lowest BCUT2D eigenvalue weighted by molar-refractivity contribution is 0.697. The van der Waals surface area contributed by atoms with E-state index in [1.807, 2.05) is 30.6 Å². The average molecular weight is 287 g/mol. The predicted octanol–water partition coefficient (Wildman–Crippen LogP) is 3.56. The van der Waals surface area contributed by atoms with Gasteiger partial charge in [-0.05, 0) is 23.6 Å². The molecule has 0 unspecified atom stereocenters. The van der Waals surface area contributed by atoms with Crippen molar-refractivity contribution in [2.75, 3.05) is 0 Å². The van der Waals surface area contributed by atoms with Gasteiger partial charge in [0.25, 0.3) is 0 Å². The van der Waals surface area contributed by atoms with E-state index >= 15 is 0 Å². The van der Waals surface area contributed by atoms with Crippen LogP contribution in [0.15, 0.2) is 48.1 Å². The van der Waals surface area contributed by atoms with Crippen LogP contribution >= 0.6 is 22.7 Å². The quantitative estimate of drug-likeness (QED) is 0.779. The predicted molar refractivity (Wildman–Crippen MR) is 80.2 cm³/mol. The van der Waals surface area contributed by atoms with Crippen LogP contribution < -0.4 is 5.32 Å². The van der Waals surface area contributed by atoms with Crippen molar-refractivity contribution in [3.8, 4) is 10.6 Å². The fourth-order valence-corrected chi connectivity index (χ4v) is 3.26. The second kappa shape index (κ2) is 6.06. The van der Waals surface area contributed by atoms with Gasteiger partial charge in [0.2, 0.25) is 0 Å². The minimum absolute atomic E-state index is 0.801. The standard InChI is InChI=1S/C14H13N3S2/c1-2-6-16-12(5-1)13-9-17-14(19-13)10-15-8-11-4-3-7-18-11/h1-7,9,15H,8,10H2. The number of hydrogen-bond donors (Lipinski definition) is 1. The van der Waals surface area contributed by atoms with Gasteiger partial charge in [0.15, 0.2) is 0 Å². The Morgan fingerprint density at radius 1 is 1.05 bits per heavy atom. The Kier molecular flexibility index (Phi) is 3.98. The summed E-state index contributed by atoms with van der Waals surface area (Å²) in [6, 6.07) is 10.1. The molecular weight excluding hydrogens is 274 g/mol. The molecule has 0 aromatic carbocycles. The van der Waals surface area contributed by atoms with E-state index < -0.39 is 0 Å². The molecule has 3 rings (SSSR count). The Hall–Kier alpha value is -1.56. The second-order valence-corrected chi connectivity index (χ2v) is 6.16. The molecule has 0 aliphatic carbocycles. The molecule has 96 valence electrons. The fourth-order valence-electron chi connectivity index (χ4n) is 1.72. The first kappa shape index (κ1) is 12.5. The van der Waals surface area contributed by atoms with Crippen molar-refractivity contribution in [2.24, 2.45) is 0 Å². The molecule has 0 amide bonds. The third kappa shape index (κ3) is 3.26. The van der Waals surface area contributed by atoms with Gasteiger partial charge in [-0.3, -0.25) is 4.98 Å². The molecule has 3 nitrogen and oxygen atoms in total. The Labute approximate surface area is 120 Å². The zero-order valence-electron chi connectivity index (χ0n) is 10.2. The summed E-state index contributed by atoms with van der Waals surface area (Å²) in [7, 11) is 0. The van der Waals surface area contributed by atoms with Crippen LogP contribution in [0.4, 0.5) is 0 Å². The van der Waals surface area contributed by atoms with E-state index in [0.717, 1.165) is 28.7 Å². The van der Waals surface area contributed by atoms with Crippen LogP contribution in [0, 0.1) is 0 Å². The highest BCUT2D eigenvalue weighted by atomic mass is 32.1. The van der Waals surface area contributed by atoms with E-state index in [2.05, 4.69) is 32.8 Å². The molecule has 5 heteroatoms. The Balaban J connectivity index is 1.59. The summed E-state index contributed by atoms with van der Waals surface area (Å²) in [6.45, 7) is 1.70. The summed E-state index contributed by atoms with van der Waals surface area (Å²) in [5, 5.41) is 6.60. The van der Waals surface area contributed by atoms with Gasteiger partial charge in [-0.1, -0.05) is 12.1 Å². The van der Waals surface area contributed by atoms with E-state index in [1.165, 1.54) is 4.88 Å². The first-order valence-corrected chi connectivity index (χ1v) is 7.70.